The lowest BCUT2D eigenvalue weighted by atomic mass is 10.2. The van der Waals surface area contributed by atoms with E-state index < -0.39 is 33.2 Å². The molecule has 0 atom stereocenters. The molecule has 0 fully saturated rings. The van der Waals surface area contributed by atoms with E-state index >= 15 is 0 Å². The third kappa shape index (κ3) is 4.39. The summed E-state index contributed by atoms with van der Waals surface area (Å²) in [5.74, 6) is -2.58. The molecule has 7 nitrogen and oxygen atoms in total. The minimum Gasteiger partial charge on any atom is -0.326 e. The van der Waals surface area contributed by atoms with E-state index in [2.05, 4.69) is 5.32 Å². The average molecular weight is 361 g/mol. The smallest absolute Gasteiger partial charge is 0.268 e. The number of hydrogen-bond acceptors (Lipinski definition) is 5. The Labute approximate surface area is 143 Å². The first-order valence-corrected chi connectivity index (χ1v) is 8.35. The summed E-state index contributed by atoms with van der Waals surface area (Å²) >= 11 is 0. The van der Waals surface area contributed by atoms with Crippen LogP contribution >= 0.6 is 0 Å². The lowest BCUT2D eigenvalue weighted by Gasteiger charge is -2.09. The predicted octanol–water partition coefficient (Wildman–Crippen LogP) is 1.77. The van der Waals surface area contributed by atoms with E-state index in [1.54, 1.807) is 10.8 Å². The molecule has 0 aliphatic carbocycles. The van der Waals surface area contributed by atoms with E-state index in [9.17, 15) is 22.4 Å². The molecule has 9 heteroatoms. The summed E-state index contributed by atoms with van der Waals surface area (Å²) in [6.45, 7) is 1.23. The Bertz CT molecular complexity index is 997. The monoisotopic (exact) mass is 361 g/mol. The van der Waals surface area contributed by atoms with Gasteiger partial charge in [0.1, 0.15) is 5.82 Å². The molecule has 2 N–H and O–H groups in total. The van der Waals surface area contributed by atoms with Gasteiger partial charge >= 0.3 is 0 Å². The van der Waals surface area contributed by atoms with Gasteiger partial charge in [-0.05, 0) is 36.4 Å². The summed E-state index contributed by atoms with van der Waals surface area (Å²) in [5, 5.41) is 11.2. The molecule has 0 radical (unpaired) electrons. The molecule has 0 saturated carbocycles. The largest absolute Gasteiger partial charge is 0.326 e. The highest BCUT2D eigenvalue weighted by atomic mass is 32.2. The molecule has 2 rings (SSSR count). The van der Waals surface area contributed by atoms with Gasteiger partial charge in [0.2, 0.25) is 5.91 Å². The van der Waals surface area contributed by atoms with E-state index in [0.29, 0.717) is 0 Å². The molecule has 0 aliphatic rings. The van der Waals surface area contributed by atoms with Crippen LogP contribution in [0.2, 0.25) is 0 Å². The third-order valence-electron chi connectivity index (χ3n) is 3.03. The van der Waals surface area contributed by atoms with E-state index in [1.165, 1.54) is 31.2 Å². The second-order valence-corrected chi connectivity index (χ2v) is 6.63. The molecule has 0 saturated heterocycles. The molecule has 0 heterocycles. The van der Waals surface area contributed by atoms with Crippen LogP contribution in [0.15, 0.2) is 47.4 Å². The van der Waals surface area contributed by atoms with Crippen molar-refractivity contribution in [2.75, 3.05) is 5.32 Å². The van der Waals surface area contributed by atoms with Crippen LogP contribution in [0.3, 0.4) is 0 Å². The summed E-state index contributed by atoms with van der Waals surface area (Å²) in [6, 6.07) is 9.99. The summed E-state index contributed by atoms with van der Waals surface area (Å²) < 4.78 is 40.0. The minimum atomic E-state index is -4.30. The SMILES string of the molecule is CC(=O)Nc1ccc(F)c(C(=O)NS(=O)(=O)c2cccc(C#N)c2)c1. The van der Waals surface area contributed by atoms with Crippen LogP contribution in [0.4, 0.5) is 10.1 Å². The van der Waals surface area contributed by atoms with Crippen molar-refractivity contribution >= 4 is 27.5 Å². The number of hydrogen-bond donors (Lipinski definition) is 2. The van der Waals surface area contributed by atoms with Gasteiger partial charge in [-0.2, -0.15) is 5.26 Å². The second-order valence-electron chi connectivity index (χ2n) is 4.95. The predicted molar refractivity (Wildman–Crippen MR) is 86.5 cm³/mol. The number of carbonyl (C=O) groups excluding carboxylic acids is 2. The zero-order valence-electron chi connectivity index (χ0n) is 12.9. The highest BCUT2D eigenvalue weighted by Crippen LogP contribution is 2.17. The van der Waals surface area contributed by atoms with Crippen LogP contribution in [0.1, 0.15) is 22.8 Å². The van der Waals surface area contributed by atoms with Gasteiger partial charge in [-0.1, -0.05) is 6.07 Å². The molecule has 0 aliphatic heterocycles. The molecule has 0 spiro atoms. The number of benzene rings is 2. The summed E-state index contributed by atoms with van der Waals surface area (Å²) in [7, 11) is -4.30. The molecule has 128 valence electrons. The van der Waals surface area contributed by atoms with Crippen molar-refractivity contribution in [2.45, 2.75) is 11.8 Å². The van der Waals surface area contributed by atoms with Crippen molar-refractivity contribution in [1.29, 1.82) is 5.26 Å². The average Bonchev–Trinajstić information content (AvgIpc) is 2.55. The Morgan fingerprint density at radius 2 is 1.88 bits per heavy atom. The number of carbonyl (C=O) groups is 2. The fourth-order valence-corrected chi connectivity index (χ4v) is 2.96. The maximum atomic E-state index is 13.8. The van der Waals surface area contributed by atoms with Crippen molar-refractivity contribution in [3.05, 3.63) is 59.4 Å². The number of halogens is 1. The first-order chi connectivity index (χ1) is 11.7. The number of sulfonamides is 1. The molecular weight excluding hydrogens is 349 g/mol. The Morgan fingerprint density at radius 3 is 2.52 bits per heavy atom. The molecule has 0 bridgehead atoms. The quantitative estimate of drug-likeness (QED) is 0.861. The van der Waals surface area contributed by atoms with E-state index in [4.69, 9.17) is 5.26 Å². The highest BCUT2D eigenvalue weighted by molar-refractivity contribution is 7.90. The zero-order valence-corrected chi connectivity index (χ0v) is 13.7. The fraction of sp³-hybridized carbons (Fsp3) is 0.0625. The lowest BCUT2D eigenvalue weighted by Crippen LogP contribution is -2.31. The van der Waals surface area contributed by atoms with Gasteiger partial charge in [-0.15, -0.1) is 0 Å². The third-order valence-corrected chi connectivity index (χ3v) is 4.36. The second kappa shape index (κ2) is 7.11. The van der Waals surface area contributed by atoms with Gasteiger partial charge in [0.25, 0.3) is 15.9 Å². The molecule has 0 unspecified atom stereocenters. The van der Waals surface area contributed by atoms with Crippen molar-refractivity contribution < 1.29 is 22.4 Å². The molecule has 2 aromatic rings. The Balaban J connectivity index is 2.32. The van der Waals surface area contributed by atoms with Crippen LogP contribution in [0.5, 0.6) is 0 Å². The number of amides is 2. The maximum Gasteiger partial charge on any atom is 0.268 e. The summed E-state index contributed by atoms with van der Waals surface area (Å²) in [6.07, 6.45) is 0. The van der Waals surface area contributed by atoms with E-state index in [-0.39, 0.29) is 16.1 Å². The van der Waals surface area contributed by atoms with Crippen molar-refractivity contribution in [3.63, 3.8) is 0 Å². The molecule has 2 aromatic carbocycles. The Morgan fingerprint density at radius 1 is 1.16 bits per heavy atom. The molecule has 0 aromatic heterocycles. The van der Waals surface area contributed by atoms with Crippen molar-refractivity contribution in [1.82, 2.24) is 4.72 Å². The number of rotatable bonds is 4. The molecule has 2 amide bonds. The summed E-state index contributed by atoms with van der Waals surface area (Å²) in [4.78, 5) is 22.9. The van der Waals surface area contributed by atoms with Gasteiger partial charge < -0.3 is 5.32 Å². The first kappa shape index (κ1) is 18.1. The van der Waals surface area contributed by atoms with Crippen LogP contribution in [-0.4, -0.2) is 20.2 Å². The highest BCUT2D eigenvalue weighted by Gasteiger charge is 2.21. The Kier molecular flexibility index (Phi) is 5.14. The normalized spacial score (nSPS) is 10.6. The van der Waals surface area contributed by atoms with Gasteiger partial charge in [-0.3, -0.25) is 9.59 Å². The van der Waals surface area contributed by atoms with Gasteiger partial charge in [0, 0.05) is 12.6 Å². The zero-order chi connectivity index (χ0) is 18.6. The number of nitrogens with one attached hydrogen (secondary N) is 2. The van der Waals surface area contributed by atoms with Crippen LogP contribution in [0, 0.1) is 17.1 Å². The minimum absolute atomic E-state index is 0.0918. The van der Waals surface area contributed by atoms with Crippen molar-refractivity contribution in [3.8, 4) is 6.07 Å². The standard InChI is InChI=1S/C16H12FN3O4S/c1-10(21)19-12-5-6-15(17)14(8-12)16(22)20-25(23,24)13-4-2-3-11(7-13)9-18/h2-8H,1H3,(H,19,21)(H,20,22). The summed E-state index contributed by atoms with van der Waals surface area (Å²) in [5.41, 5.74) is -0.316. The number of anilines is 1. The van der Waals surface area contributed by atoms with Crippen LogP contribution in [0.25, 0.3) is 0 Å². The molecular formula is C16H12FN3O4S. The Hall–Kier alpha value is -3.25. The topological polar surface area (TPSA) is 116 Å². The van der Waals surface area contributed by atoms with Gasteiger partial charge in [-0.25, -0.2) is 17.5 Å². The van der Waals surface area contributed by atoms with Crippen LogP contribution < -0.4 is 10.0 Å². The van der Waals surface area contributed by atoms with Gasteiger partial charge in [0.05, 0.1) is 22.1 Å². The maximum absolute atomic E-state index is 13.8. The number of nitriles is 1. The van der Waals surface area contributed by atoms with Crippen LogP contribution in [-0.2, 0) is 14.8 Å². The molecule has 25 heavy (non-hydrogen) atoms. The number of nitrogens with zero attached hydrogens (tertiary/aromatic N) is 1. The van der Waals surface area contributed by atoms with Crippen molar-refractivity contribution in [2.24, 2.45) is 0 Å². The van der Waals surface area contributed by atoms with E-state index in [1.807, 2.05) is 0 Å². The fourth-order valence-electron chi connectivity index (χ4n) is 1.95. The van der Waals surface area contributed by atoms with Gasteiger partial charge in [0.15, 0.2) is 0 Å². The lowest BCUT2D eigenvalue weighted by molar-refractivity contribution is -0.114. The first-order valence-electron chi connectivity index (χ1n) is 6.87. The van der Waals surface area contributed by atoms with E-state index in [0.717, 1.165) is 18.2 Å².